The molecule has 0 fully saturated rings. The van der Waals surface area contributed by atoms with Crippen LogP contribution in [0.15, 0.2) is 188 Å². The fourth-order valence-electron chi connectivity index (χ4n) is 8.06. The monoisotopic (exact) mass is 709 g/mol. The summed E-state index contributed by atoms with van der Waals surface area (Å²) in [5, 5.41) is 10.3. The number of benzene rings is 9. The molecular formula is C50H31NS2. The van der Waals surface area contributed by atoms with E-state index in [0.29, 0.717) is 0 Å². The quantitative estimate of drug-likeness (QED) is 0.161. The molecule has 0 radical (unpaired) electrons. The molecule has 2 heterocycles. The largest absolute Gasteiger partial charge is 0.310 e. The van der Waals surface area contributed by atoms with E-state index in [1.807, 2.05) is 22.7 Å². The van der Waals surface area contributed by atoms with Crippen molar-refractivity contribution in [3.05, 3.63) is 188 Å². The van der Waals surface area contributed by atoms with Crippen LogP contribution in [0.4, 0.5) is 17.1 Å². The van der Waals surface area contributed by atoms with E-state index < -0.39 is 0 Å². The first kappa shape index (κ1) is 30.4. The van der Waals surface area contributed by atoms with Crippen molar-refractivity contribution in [1.29, 1.82) is 0 Å². The lowest BCUT2D eigenvalue weighted by Crippen LogP contribution is -2.09. The van der Waals surface area contributed by atoms with Gasteiger partial charge in [-0.3, -0.25) is 0 Å². The van der Waals surface area contributed by atoms with Crippen LogP contribution in [0.1, 0.15) is 0 Å². The fourth-order valence-corrected chi connectivity index (χ4v) is 10.4. The Morgan fingerprint density at radius 2 is 0.868 bits per heavy atom. The van der Waals surface area contributed by atoms with Crippen LogP contribution in [0.3, 0.4) is 0 Å². The van der Waals surface area contributed by atoms with E-state index in [2.05, 4.69) is 193 Å². The molecule has 0 N–H and O–H groups in total. The van der Waals surface area contributed by atoms with Crippen molar-refractivity contribution in [2.75, 3.05) is 4.90 Å². The molecular weight excluding hydrogens is 679 g/mol. The van der Waals surface area contributed by atoms with Gasteiger partial charge in [-0.25, -0.2) is 0 Å². The maximum atomic E-state index is 2.39. The summed E-state index contributed by atoms with van der Waals surface area (Å²) in [6.07, 6.45) is 0. The minimum absolute atomic E-state index is 1.12. The van der Waals surface area contributed by atoms with E-state index in [-0.39, 0.29) is 0 Å². The molecule has 0 saturated heterocycles. The van der Waals surface area contributed by atoms with Gasteiger partial charge in [-0.2, -0.15) is 0 Å². The second-order valence-corrected chi connectivity index (χ2v) is 15.8. The molecule has 9 aromatic carbocycles. The zero-order valence-electron chi connectivity index (χ0n) is 28.7. The van der Waals surface area contributed by atoms with Crippen molar-refractivity contribution in [2.24, 2.45) is 0 Å². The Kier molecular flexibility index (Phi) is 6.97. The van der Waals surface area contributed by atoms with Crippen molar-refractivity contribution in [3.8, 4) is 22.3 Å². The lowest BCUT2D eigenvalue weighted by Gasteiger charge is -2.26. The summed E-state index contributed by atoms with van der Waals surface area (Å²) in [4.78, 5) is 2.39. The second-order valence-electron chi connectivity index (χ2n) is 13.7. The molecule has 0 unspecified atom stereocenters. The molecule has 0 aliphatic rings. The van der Waals surface area contributed by atoms with Gasteiger partial charge >= 0.3 is 0 Å². The SMILES string of the molecule is c1ccc2c(c1)ccc1cc(N(c3ccc(-c4ccc5sc6ccccc6c5c4)cc3)c3ccc(-c4cccc5c4sc4ccccc45)cc3)ccc12. The molecule has 0 aliphatic carbocycles. The van der Waals surface area contributed by atoms with Gasteiger partial charge in [0.05, 0.1) is 0 Å². The third-order valence-corrected chi connectivity index (χ3v) is 13.0. The predicted molar refractivity (Wildman–Crippen MR) is 233 cm³/mol. The molecule has 53 heavy (non-hydrogen) atoms. The summed E-state index contributed by atoms with van der Waals surface area (Å²) in [5.74, 6) is 0. The van der Waals surface area contributed by atoms with E-state index in [1.54, 1.807) is 0 Å². The first-order valence-electron chi connectivity index (χ1n) is 18.0. The van der Waals surface area contributed by atoms with E-state index in [9.17, 15) is 0 Å². The fraction of sp³-hybridized carbons (Fsp3) is 0. The molecule has 248 valence electrons. The highest BCUT2D eigenvalue weighted by Crippen LogP contribution is 2.43. The van der Waals surface area contributed by atoms with Gasteiger partial charge in [-0.15, -0.1) is 22.7 Å². The van der Waals surface area contributed by atoms with E-state index >= 15 is 0 Å². The van der Waals surface area contributed by atoms with Crippen LogP contribution in [0.5, 0.6) is 0 Å². The van der Waals surface area contributed by atoms with Gasteiger partial charge in [0, 0.05) is 57.4 Å². The molecule has 0 aliphatic heterocycles. The number of hydrogen-bond donors (Lipinski definition) is 0. The highest BCUT2D eigenvalue weighted by Gasteiger charge is 2.16. The van der Waals surface area contributed by atoms with Gasteiger partial charge in [0.2, 0.25) is 0 Å². The Hall–Kier alpha value is -6.26. The minimum Gasteiger partial charge on any atom is -0.310 e. The number of anilines is 3. The van der Waals surface area contributed by atoms with Gasteiger partial charge < -0.3 is 4.90 Å². The van der Waals surface area contributed by atoms with Crippen LogP contribution in [0.25, 0.3) is 84.1 Å². The lowest BCUT2D eigenvalue weighted by molar-refractivity contribution is 1.29. The van der Waals surface area contributed by atoms with Gasteiger partial charge in [-0.1, -0.05) is 127 Å². The summed E-state index contributed by atoms with van der Waals surface area (Å²) in [5.41, 5.74) is 8.32. The zero-order valence-corrected chi connectivity index (χ0v) is 30.3. The van der Waals surface area contributed by atoms with Crippen molar-refractivity contribution in [1.82, 2.24) is 0 Å². The first-order chi connectivity index (χ1) is 26.2. The standard InChI is InChI=1S/C50H31NS2/c1-2-9-40-33(8-1)16-17-36-30-39(27-28-41(36)40)51(37-23-18-32(19-24-37)35-22-29-49-46(31-35)44-11-4-5-14-47(44)52-49)38-25-20-34(21-26-38)42-12-7-13-45-43-10-3-6-15-48(43)53-50(42)45/h1-31H. The van der Waals surface area contributed by atoms with Crippen molar-refractivity contribution in [2.45, 2.75) is 0 Å². The van der Waals surface area contributed by atoms with Crippen LogP contribution >= 0.6 is 22.7 Å². The number of rotatable bonds is 5. The van der Waals surface area contributed by atoms with E-state index in [0.717, 1.165) is 17.1 Å². The second kappa shape index (κ2) is 12.2. The van der Waals surface area contributed by atoms with Crippen LogP contribution in [0.2, 0.25) is 0 Å². The van der Waals surface area contributed by atoms with Gasteiger partial charge in [0.15, 0.2) is 0 Å². The summed E-state index contributed by atoms with van der Waals surface area (Å²) in [6, 6.07) is 69.2. The highest BCUT2D eigenvalue weighted by molar-refractivity contribution is 7.26. The third kappa shape index (κ3) is 5.04. The maximum absolute atomic E-state index is 2.39. The average Bonchev–Trinajstić information content (AvgIpc) is 3.80. The Morgan fingerprint density at radius 3 is 1.66 bits per heavy atom. The Labute approximate surface area is 315 Å². The molecule has 11 rings (SSSR count). The van der Waals surface area contributed by atoms with Crippen molar-refractivity contribution < 1.29 is 0 Å². The van der Waals surface area contributed by atoms with Crippen LogP contribution in [-0.2, 0) is 0 Å². The molecule has 0 atom stereocenters. The predicted octanol–water partition coefficient (Wildman–Crippen LogP) is 15.5. The number of nitrogens with zero attached hydrogens (tertiary/aromatic N) is 1. The topological polar surface area (TPSA) is 3.24 Å². The smallest absolute Gasteiger partial charge is 0.0468 e. The maximum Gasteiger partial charge on any atom is 0.0468 e. The highest BCUT2D eigenvalue weighted by atomic mass is 32.1. The Bertz CT molecular complexity index is 3170. The Morgan fingerprint density at radius 1 is 0.302 bits per heavy atom. The summed E-state index contributed by atoms with van der Waals surface area (Å²) in [6.45, 7) is 0. The van der Waals surface area contributed by atoms with Crippen molar-refractivity contribution in [3.63, 3.8) is 0 Å². The summed E-state index contributed by atoms with van der Waals surface area (Å²) in [7, 11) is 0. The molecule has 11 aromatic rings. The number of fused-ring (bicyclic) bond motifs is 9. The molecule has 3 heteroatoms. The first-order valence-corrected chi connectivity index (χ1v) is 19.6. The van der Waals surface area contributed by atoms with Crippen LogP contribution < -0.4 is 4.90 Å². The van der Waals surface area contributed by atoms with Gasteiger partial charge in [-0.05, 0) is 104 Å². The normalized spacial score (nSPS) is 11.8. The molecule has 0 amide bonds. The molecule has 2 aromatic heterocycles. The molecule has 0 spiro atoms. The number of thiophene rings is 2. The third-order valence-electron chi connectivity index (χ3n) is 10.7. The van der Waals surface area contributed by atoms with E-state index in [4.69, 9.17) is 0 Å². The van der Waals surface area contributed by atoms with Gasteiger partial charge in [0.25, 0.3) is 0 Å². The van der Waals surface area contributed by atoms with Crippen molar-refractivity contribution >= 4 is 102 Å². The zero-order chi connectivity index (χ0) is 34.9. The van der Waals surface area contributed by atoms with Crippen LogP contribution in [-0.4, -0.2) is 0 Å². The average molecular weight is 710 g/mol. The molecule has 0 saturated carbocycles. The van der Waals surface area contributed by atoms with Gasteiger partial charge in [0.1, 0.15) is 0 Å². The minimum atomic E-state index is 1.12. The molecule has 1 nitrogen and oxygen atoms in total. The van der Waals surface area contributed by atoms with Crippen LogP contribution in [0, 0.1) is 0 Å². The molecule has 0 bridgehead atoms. The number of hydrogen-bond acceptors (Lipinski definition) is 3. The summed E-state index contributed by atoms with van der Waals surface area (Å²) >= 11 is 3.74. The Balaban J connectivity index is 1.02. The summed E-state index contributed by atoms with van der Waals surface area (Å²) < 4.78 is 5.33. The lowest BCUT2D eigenvalue weighted by atomic mass is 10.00. The van der Waals surface area contributed by atoms with E-state index in [1.165, 1.54) is 84.1 Å².